The van der Waals surface area contributed by atoms with Crippen molar-refractivity contribution in [2.75, 3.05) is 0 Å². The van der Waals surface area contributed by atoms with Crippen LogP contribution in [0.2, 0.25) is 0 Å². The van der Waals surface area contributed by atoms with Gasteiger partial charge in [-0.25, -0.2) is 13.8 Å². The zero-order valence-corrected chi connectivity index (χ0v) is 15.8. The Morgan fingerprint density at radius 2 is 1.96 bits per heavy atom. The first kappa shape index (κ1) is 18.3. The number of aromatic nitrogens is 1. The molecule has 1 aromatic carbocycles. The molecule has 0 spiro atoms. The van der Waals surface area contributed by atoms with E-state index in [1.54, 1.807) is 23.1 Å². The minimum atomic E-state index is -0.816. The van der Waals surface area contributed by atoms with Gasteiger partial charge in [0.25, 0.3) is 5.91 Å². The van der Waals surface area contributed by atoms with E-state index in [2.05, 4.69) is 10.3 Å². The zero-order valence-electron chi connectivity index (χ0n) is 14.1. The molecule has 0 aliphatic heterocycles. The van der Waals surface area contributed by atoms with Gasteiger partial charge in [0, 0.05) is 22.4 Å². The maximum atomic E-state index is 14.1. The molecule has 0 atom stereocenters. The number of hydrogen-bond acceptors (Lipinski definition) is 4. The number of thioether (sulfide) groups is 1. The van der Waals surface area contributed by atoms with Gasteiger partial charge in [-0.3, -0.25) is 4.79 Å². The van der Waals surface area contributed by atoms with Crippen LogP contribution in [0.25, 0.3) is 0 Å². The Labute approximate surface area is 154 Å². The Kier molecular flexibility index (Phi) is 5.74. The van der Waals surface area contributed by atoms with E-state index in [1.165, 1.54) is 13.0 Å². The summed E-state index contributed by atoms with van der Waals surface area (Å²) in [6.07, 6.45) is 3.52. The van der Waals surface area contributed by atoms with Crippen molar-refractivity contribution in [1.29, 1.82) is 0 Å². The van der Waals surface area contributed by atoms with Crippen molar-refractivity contribution in [2.45, 2.75) is 55.2 Å². The first-order valence-electron chi connectivity index (χ1n) is 8.28. The van der Waals surface area contributed by atoms with Crippen LogP contribution in [-0.4, -0.2) is 22.2 Å². The SMILES string of the molecule is Cc1csc(SC2CCC(NC(=O)c3c(F)ccc(C)c3F)CC2)n1. The summed E-state index contributed by atoms with van der Waals surface area (Å²) in [6.45, 7) is 3.50. The van der Waals surface area contributed by atoms with Gasteiger partial charge in [-0.15, -0.1) is 11.3 Å². The van der Waals surface area contributed by atoms with Crippen molar-refractivity contribution in [3.63, 3.8) is 0 Å². The molecule has 7 heteroatoms. The molecule has 1 aliphatic rings. The first-order chi connectivity index (χ1) is 11.9. The molecule has 1 amide bonds. The van der Waals surface area contributed by atoms with Gasteiger partial charge in [-0.1, -0.05) is 17.8 Å². The zero-order chi connectivity index (χ0) is 18.0. The number of nitrogens with one attached hydrogen (secondary N) is 1. The molecule has 0 saturated heterocycles. The van der Waals surface area contributed by atoms with Crippen LogP contribution >= 0.6 is 23.1 Å². The molecule has 2 aromatic rings. The summed E-state index contributed by atoms with van der Waals surface area (Å²) >= 11 is 3.44. The molecule has 1 heterocycles. The summed E-state index contributed by atoms with van der Waals surface area (Å²) in [5, 5.41) is 5.31. The van der Waals surface area contributed by atoms with Crippen LogP contribution in [0, 0.1) is 25.5 Å². The van der Waals surface area contributed by atoms with Gasteiger partial charge in [-0.05, 0) is 51.2 Å². The number of hydrogen-bond donors (Lipinski definition) is 1. The van der Waals surface area contributed by atoms with Gasteiger partial charge in [0.05, 0.1) is 0 Å². The fourth-order valence-corrected chi connectivity index (χ4v) is 5.26. The standard InChI is InChI=1S/C18H20F2N2OS2/c1-10-3-8-14(19)15(16(10)20)17(23)22-12-4-6-13(7-5-12)25-18-21-11(2)9-24-18/h3,8-9,12-13H,4-7H2,1-2H3,(H,22,23). The molecular weight excluding hydrogens is 362 g/mol. The quantitative estimate of drug-likeness (QED) is 0.820. The molecule has 3 nitrogen and oxygen atoms in total. The number of halogens is 2. The van der Waals surface area contributed by atoms with Crippen LogP contribution in [0.15, 0.2) is 21.9 Å². The van der Waals surface area contributed by atoms with Crippen LogP contribution in [0.3, 0.4) is 0 Å². The van der Waals surface area contributed by atoms with E-state index < -0.39 is 23.1 Å². The van der Waals surface area contributed by atoms with Crippen LogP contribution in [0.4, 0.5) is 8.78 Å². The first-order valence-corrected chi connectivity index (χ1v) is 10.0. The number of nitrogens with zero attached hydrogens (tertiary/aromatic N) is 1. The lowest BCUT2D eigenvalue weighted by Gasteiger charge is -2.28. The van der Waals surface area contributed by atoms with Crippen molar-refractivity contribution in [1.82, 2.24) is 10.3 Å². The molecule has 1 fully saturated rings. The minimum Gasteiger partial charge on any atom is -0.349 e. The van der Waals surface area contributed by atoms with E-state index in [1.807, 2.05) is 12.3 Å². The van der Waals surface area contributed by atoms with E-state index in [9.17, 15) is 13.6 Å². The highest BCUT2D eigenvalue weighted by Crippen LogP contribution is 2.35. The van der Waals surface area contributed by atoms with E-state index in [4.69, 9.17) is 0 Å². The van der Waals surface area contributed by atoms with Gasteiger partial charge in [-0.2, -0.15) is 0 Å². The van der Waals surface area contributed by atoms with E-state index in [-0.39, 0.29) is 11.6 Å². The normalized spacial score (nSPS) is 20.5. The molecule has 1 aliphatic carbocycles. The van der Waals surface area contributed by atoms with Gasteiger partial charge in [0.15, 0.2) is 0 Å². The molecule has 25 heavy (non-hydrogen) atoms. The fraction of sp³-hybridized carbons (Fsp3) is 0.444. The Morgan fingerprint density at radius 1 is 1.24 bits per heavy atom. The molecular formula is C18H20F2N2OS2. The Balaban J connectivity index is 1.55. The highest BCUT2D eigenvalue weighted by atomic mass is 32.2. The second-order valence-corrected chi connectivity index (χ2v) is 8.78. The summed E-state index contributed by atoms with van der Waals surface area (Å²) in [6, 6.07) is 2.43. The molecule has 134 valence electrons. The van der Waals surface area contributed by atoms with Crippen molar-refractivity contribution < 1.29 is 13.6 Å². The van der Waals surface area contributed by atoms with E-state index >= 15 is 0 Å². The minimum absolute atomic E-state index is 0.0401. The van der Waals surface area contributed by atoms with E-state index in [0.29, 0.717) is 5.25 Å². The molecule has 0 unspecified atom stereocenters. The van der Waals surface area contributed by atoms with E-state index in [0.717, 1.165) is 41.8 Å². The number of thiazole rings is 1. The van der Waals surface area contributed by atoms with Gasteiger partial charge >= 0.3 is 0 Å². The fourth-order valence-electron chi connectivity index (χ4n) is 2.98. The lowest BCUT2D eigenvalue weighted by Crippen LogP contribution is -2.39. The predicted octanol–water partition coefficient (Wildman–Crippen LogP) is 4.87. The summed E-state index contributed by atoms with van der Waals surface area (Å²) in [5.74, 6) is -2.25. The third kappa shape index (κ3) is 4.39. The number of amides is 1. The molecule has 0 radical (unpaired) electrons. The molecule has 1 aromatic heterocycles. The second-order valence-electron chi connectivity index (χ2n) is 6.37. The topological polar surface area (TPSA) is 42.0 Å². The maximum absolute atomic E-state index is 14.1. The van der Waals surface area contributed by atoms with Crippen LogP contribution < -0.4 is 5.32 Å². The number of rotatable bonds is 4. The highest BCUT2D eigenvalue weighted by Gasteiger charge is 2.26. The lowest BCUT2D eigenvalue weighted by molar-refractivity contribution is 0.0919. The van der Waals surface area contributed by atoms with Gasteiger partial charge in [0.2, 0.25) is 0 Å². The summed E-state index contributed by atoms with van der Waals surface area (Å²) in [5.41, 5.74) is 0.829. The summed E-state index contributed by atoms with van der Waals surface area (Å²) < 4.78 is 29.0. The van der Waals surface area contributed by atoms with Crippen molar-refractivity contribution >= 4 is 29.0 Å². The van der Waals surface area contributed by atoms with Crippen LogP contribution in [-0.2, 0) is 0 Å². The number of carbonyl (C=O) groups is 1. The third-order valence-electron chi connectivity index (χ3n) is 4.39. The average molecular weight is 383 g/mol. The Morgan fingerprint density at radius 3 is 2.60 bits per heavy atom. The molecule has 1 N–H and O–H groups in total. The molecule has 0 bridgehead atoms. The highest BCUT2D eigenvalue weighted by molar-refractivity contribution is 8.01. The Hall–Kier alpha value is -1.47. The van der Waals surface area contributed by atoms with Crippen LogP contribution in [0.5, 0.6) is 0 Å². The number of benzene rings is 1. The van der Waals surface area contributed by atoms with Gasteiger partial charge in [0.1, 0.15) is 21.5 Å². The summed E-state index contributed by atoms with van der Waals surface area (Å²) in [4.78, 5) is 16.7. The largest absolute Gasteiger partial charge is 0.349 e. The number of aryl methyl sites for hydroxylation is 2. The average Bonchev–Trinajstić information content (AvgIpc) is 2.98. The monoisotopic (exact) mass is 382 g/mol. The predicted molar refractivity (Wildman–Crippen MR) is 97.3 cm³/mol. The number of carbonyl (C=O) groups excluding carboxylic acids is 1. The lowest BCUT2D eigenvalue weighted by atomic mass is 9.94. The van der Waals surface area contributed by atoms with Crippen LogP contribution in [0.1, 0.15) is 47.3 Å². The second kappa shape index (κ2) is 7.83. The third-order valence-corrected chi connectivity index (χ3v) is 6.81. The Bertz CT molecular complexity index is 770. The molecule has 1 saturated carbocycles. The van der Waals surface area contributed by atoms with Crippen molar-refractivity contribution in [3.05, 3.63) is 46.0 Å². The smallest absolute Gasteiger partial charge is 0.257 e. The van der Waals surface area contributed by atoms with Gasteiger partial charge < -0.3 is 5.32 Å². The van der Waals surface area contributed by atoms with Crippen molar-refractivity contribution in [2.24, 2.45) is 0 Å². The molecule has 3 rings (SSSR count). The van der Waals surface area contributed by atoms with Crippen molar-refractivity contribution in [3.8, 4) is 0 Å². The maximum Gasteiger partial charge on any atom is 0.257 e. The summed E-state index contributed by atoms with van der Waals surface area (Å²) in [7, 11) is 0.